The van der Waals surface area contributed by atoms with Gasteiger partial charge >= 0.3 is 5.97 Å². The lowest BCUT2D eigenvalue weighted by Crippen LogP contribution is -2.33. The number of carboxylic acid groups (broad SMARTS) is 1. The summed E-state index contributed by atoms with van der Waals surface area (Å²) in [4.78, 5) is 19.1. The summed E-state index contributed by atoms with van der Waals surface area (Å²) in [5.41, 5.74) is 4.06. The Balaban J connectivity index is 1.25. The van der Waals surface area contributed by atoms with E-state index in [0.29, 0.717) is 41.9 Å². The van der Waals surface area contributed by atoms with Gasteiger partial charge < -0.3 is 19.9 Å². The highest BCUT2D eigenvalue weighted by Crippen LogP contribution is 2.37. The molecule has 1 saturated heterocycles. The van der Waals surface area contributed by atoms with E-state index in [1.54, 1.807) is 13.2 Å². The standard InChI is InChI=1S/C30H42ClN3O4/c1-20(2)16-22-17-27(37-3)25(18-26(22)31)28(30(35)36)34-14-12-24(19-34)38-15-6-4-5-9-23-11-10-21-8-7-13-32-29(21)33-23/h10-11,17-18,20,24,28H,4-9,12-16,19H2,1-3H3,(H,32,33)(H,35,36)/t24-,28+/m1/s1. The van der Waals surface area contributed by atoms with E-state index >= 15 is 0 Å². The average Bonchev–Trinajstić information content (AvgIpc) is 3.35. The second-order valence-electron chi connectivity index (χ2n) is 11.0. The van der Waals surface area contributed by atoms with E-state index in [-0.39, 0.29) is 6.10 Å². The van der Waals surface area contributed by atoms with Gasteiger partial charge in [0.1, 0.15) is 17.6 Å². The molecule has 2 atom stereocenters. The molecule has 3 heterocycles. The smallest absolute Gasteiger partial charge is 0.325 e. The first-order valence-corrected chi connectivity index (χ1v) is 14.4. The van der Waals surface area contributed by atoms with E-state index in [0.717, 1.165) is 68.6 Å². The number of aromatic nitrogens is 1. The van der Waals surface area contributed by atoms with Crippen LogP contribution in [0.25, 0.3) is 0 Å². The number of nitrogens with zero attached hydrogens (tertiary/aromatic N) is 2. The summed E-state index contributed by atoms with van der Waals surface area (Å²) < 4.78 is 11.8. The first kappa shape index (κ1) is 28.7. The number of methoxy groups -OCH3 is 1. The summed E-state index contributed by atoms with van der Waals surface area (Å²) in [6.45, 7) is 7.20. The Kier molecular flexibility index (Phi) is 10.3. The molecule has 0 saturated carbocycles. The maximum atomic E-state index is 12.4. The summed E-state index contributed by atoms with van der Waals surface area (Å²) in [6, 6.07) is 7.23. The summed E-state index contributed by atoms with van der Waals surface area (Å²) >= 11 is 6.57. The van der Waals surface area contributed by atoms with Crippen molar-refractivity contribution in [2.45, 2.75) is 77.4 Å². The fourth-order valence-corrected chi connectivity index (χ4v) is 5.80. The van der Waals surface area contributed by atoms with Crippen molar-refractivity contribution in [3.05, 3.63) is 51.7 Å². The molecule has 1 aromatic carbocycles. The van der Waals surface area contributed by atoms with Crippen molar-refractivity contribution in [2.75, 3.05) is 38.7 Å². The van der Waals surface area contributed by atoms with Gasteiger partial charge in [0.05, 0.1) is 13.2 Å². The second kappa shape index (κ2) is 13.6. The number of likely N-dealkylation sites (tertiary alicyclic amines) is 1. The minimum Gasteiger partial charge on any atom is -0.496 e. The maximum Gasteiger partial charge on any atom is 0.325 e. The number of halogens is 1. The molecule has 0 spiro atoms. The van der Waals surface area contributed by atoms with Crippen LogP contribution < -0.4 is 10.1 Å². The van der Waals surface area contributed by atoms with Gasteiger partial charge in [-0.3, -0.25) is 9.69 Å². The number of nitrogens with one attached hydrogen (secondary N) is 1. The van der Waals surface area contributed by atoms with Crippen molar-refractivity contribution in [1.29, 1.82) is 0 Å². The quantitative estimate of drug-likeness (QED) is 0.303. The monoisotopic (exact) mass is 543 g/mol. The van der Waals surface area contributed by atoms with E-state index in [4.69, 9.17) is 26.1 Å². The van der Waals surface area contributed by atoms with Crippen LogP contribution in [0, 0.1) is 5.92 Å². The normalized spacial score (nSPS) is 18.3. The molecule has 2 N–H and O–H groups in total. The number of hydrogen-bond donors (Lipinski definition) is 2. The van der Waals surface area contributed by atoms with Crippen molar-refractivity contribution in [3.8, 4) is 5.75 Å². The molecule has 4 rings (SSSR count). The van der Waals surface area contributed by atoms with Crippen LogP contribution in [0.3, 0.4) is 0 Å². The number of pyridine rings is 1. The molecule has 208 valence electrons. The third-order valence-corrected chi connectivity index (χ3v) is 7.83. The summed E-state index contributed by atoms with van der Waals surface area (Å²) in [6.07, 6.45) is 8.09. The summed E-state index contributed by atoms with van der Waals surface area (Å²) in [5, 5.41) is 14.1. The first-order valence-electron chi connectivity index (χ1n) is 14.0. The zero-order valence-electron chi connectivity index (χ0n) is 23.0. The molecular weight excluding hydrogens is 502 g/mol. The lowest BCUT2D eigenvalue weighted by atomic mass is 9.97. The number of unbranched alkanes of at least 4 members (excludes halogenated alkanes) is 2. The fourth-order valence-electron chi connectivity index (χ4n) is 5.55. The van der Waals surface area contributed by atoms with Crippen LogP contribution in [0.2, 0.25) is 5.02 Å². The Bertz CT molecular complexity index is 1090. The number of aryl methyl sites for hydroxylation is 2. The van der Waals surface area contributed by atoms with Crippen molar-refractivity contribution in [3.63, 3.8) is 0 Å². The van der Waals surface area contributed by atoms with Crippen LogP contribution in [0.4, 0.5) is 5.82 Å². The van der Waals surface area contributed by atoms with E-state index in [1.165, 1.54) is 12.0 Å². The fraction of sp³-hybridized carbons (Fsp3) is 0.600. The van der Waals surface area contributed by atoms with Gasteiger partial charge in [-0.25, -0.2) is 4.98 Å². The van der Waals surface area contributed by atoms with Gasteiger partial charge in [0, 0.05) is 42.5 Å². The maximum absolute atomic E-state index is 12.4. The molecule has 7 nitrogen and oxygen atoms in total. The number of anilines is 1. The van der Waals surface area contributed by atoms with Gasteiger partial charge in [-0.2, -0.15) is 0 Å². The predicted octanol–water partition coefficient (Wildman–Crippen LogP) is 5.93. The molecular formula is C30H42ClN3O4. The van der Waals surface area contributed by atoms with Gasteiger partial charge in [0.2, 0.25) is 0 Å². The topological polar surface area (TPSA) is 83.9 Å². The van der Waals surface area contributed by atoms with Crippen molar-refractivity contribution in [1.82, 2.24) is 9.88 Å². The van der Waals surface area contributed by atoms with Crippen LogP contribution in [-0.2, 0) is 28.8 Å². The van der Waals surface area contributed by atoms with Gasteiger partial charge in [-0.1, -0.05) is 37.9 Å². The third kappa shape index (κ3) is 7.39. The Morgan fingerprint density at radius 1 is 1.26 bits per heavy atom. The van der Waals surface area contributed by atoms with Gasteiger partial charge in [0.15, 0.2) is 0 Å². The number of fused-ring (bicyclic) bond motifs is 1. The number of ether oxygens (including phenoxy) is 2. The molecule has 2 aromatic rings. The van der Waals surface area contributed by atoms with Crippen LogP contribution >= 0.6 is 11.6 Å². The molecule has 38 heavy (non-hydrogen) atoms. The van der Waals surface area contributed by atoms with E-state index in [1.807, 2.05) is 11.0 Å². The van der Waals surface area contributed by atoms with Crippen molar-refractivity contribution < 1.29 is 19.4 Å². The molecule has 1 fully saturated rings. The molecule has 0 bridgehead atoms. The van der Waals surface area contributed by atoms with Crippen LogP contribution in [-0.4, -0.2) is 60.4 Å². The van der Waals surface area contributed by atoms with Gasteiger partial charge in [-0.15, -0.1) is 0 Å². The average molecular weight is 544 g/mol. The molecule has 0 amide bonds. The molecule has 0 unspecified atom stereocenters. The lowest BCUT2D eigenvalue weighted by Gasteiger charge is -2.27. The zero-order chi connectivity index (χ0) is 27.1. The molecule has 0 aliphatic carbocycles. The minimum absolute atomic E-state index is 0.0342. The Hall–Kier alpha value is -2.35. The van der Waals surface area contributed by atoms with Crippen molar-refractivity contribution in [2.24, 2.45) is 5.92 Å². The number of benzene rings is 1. The summed E-state index contributed by atoms with van der Waals surface area (Å²) in [5.74, 6) is 1.18. The highest BCUT2D eigenvalue weighted by atomic mass is 35.5. The molecule has 2 aliphatic heterocycles. The highest BCUT2D eigenvalue weighted by molar-refractivity contribution is 6.31. The second-order valence-corrected chi connectivity index (χ2v) is 11.4. The highest BCUT2D eigenvalue weighted by Gasteiger charge is 2.36. The predicted molar refractivity (Wildman–Crippen MR) is 151 cm³/mol. The molecule has 1 aromatic heterocycles. The number of rotatable bonds is 13. The van der Waals surface area contributed by atoms with Crippen LogP contribution in [0.5, 0.6) is 5.75 Å². The van der Waals surface area contributed by atoms with E-state index in [2.05, 4.69) is 31.3 Å². The largest absolute Gasteiger partial charge is 0.496 e. The number of carboxylic acids is 1. The first-order chi connectivity index (χ1) is 18.4. The van der Waals surface area contributed by atoms with Crippen LogP contribution in [0.15, 0.2) is 24.3 Å². The Morgan fingerprint density at radius 3 is 2.87 bits per heavy atom. The molecule has 8 heteroatoms. The zero-order valence-corrected chi connectivity index (χ0v) is 23.7. The molecule has 2 aliphatic rings. The van der Waals surface area contributed by atoms with Gasteiger partial charge in [-0.05, 0) is 80.2 Å². The van der Waals surface area contributed by atoms with Crippen LogP contribution in [0.1, 0.15) is 74.4 Å². The van der Waals surface area contributed by atoms with E-state index < -0.39 is 12.0 Å². The lowest BCUT2D eigenvalue weighted by molar-refractivity contribution is -0.143. The van der Waals surface area contributed by atoms with Gasteiger partial charge in [0.25, 0.3) is 0 Å². The SMILES string of the molecule is COc1cc(CC(C)C)c(Cl)cc1[C@@H](C(=O)O)N1CC[C@@H](OCCCCCc2ccc3c(n2)NCCC3)C1. The number of carbonyl (C=O) groups is 1. The third-order valence-electron chi connectivity index (χ3n) is 7.48. The number of aliphatic carboxylic acids is 1. The molecule has 0 radical (unpaired) electrons. The Morgan fingerprint density at radius 2 is 2.11 bits per heavy atom. The Labute approximate surface area is 231 Å². The number of hydrogen-bond acceptors (Lipinski definition) is 6. The van der Waals surface area contributed by atoms with Crippen molar-refractivity contribution >= 4 is 23.4 Å². The summed E-state index contributed by atoms with van der Waals surface area (Å²) in [7, 11) is 1.58. The minimum atomic E-state index is -0.900. The van der Waals surface area contributed by atoms with E-state index in [9.17, 15) is 9.90 Å².